The van der Waals surface area contributed by atoms with Crippen molar-refractivity contribution >= 4 is 6.09 Å². The van der Waals surface area contributed by atoms with Gasteiger partial charge >= 0.3 is 6.09 Å². The van der Waals surface area contributed by atoms with Gasteiger partial charge in [-0.2, -0.15) is 0 Å². The molecular formula is C13H17NO3. The van der Waals surface area contributed by atoms with E-state index in [0.29, 0.717) is 5.76 Å². The molecule has 0 aromatic rings. The minimum Gasteiger partial charge on any atom is -0.412 e. The normalized spacial score (nSPS) is 24.5. The van der Waals surface area contributed by atoms with E-state index in [9.17, 15) is 4.79 Å². The van der Waals surface area contributed by atoms with Gasteiger partial charge in [0.1, 0.15) is 5.76 Å². The Kier molecular flexibility index (Phi) is 4.05. The van der Waals surface area contributed by atoms with Crippen LogP contribution >= 0.6 is 0 Å². The maximum atomic E-state index is 11.4. The topological polar surface area (TPSA) is 49.8 Å². The minimum absolute atomic E-state index is 0.120. The Balaban J connectivity index is 1.87. The number of hydrogen-bond acceptors (Lipinski definition) is 3. The molecule has 2 heterocycles. The number of rotatable bonds is 3. The molecule has 2 aliphatic rings. The van der Waals surface area contributed by atoms with Gasteiger partial charge in [0.05, 0.1) is 6.04 Å². The van der Waals surface area contributed by atoms with Crippen LogP contribution in [0.4, 0.5) is 4.79 Å². The van der Waals surface area contributed by atoms with Crippen molar-refractivity contribution in [2.45, 2.75) is 38.1 Å². The molecule has 1 N–H and O–H groups in total. The number of aliphatic hydroxyl groups is 1. The highest BCUT2D eigenvalue weighted by Crippen LogP contribution is 2.31. The second-order valence-corrected chi connectivity index (χ2v) is 4.27. The minimum atomic E-state index is -0.235. The highest BCUT2D eigenvalue weighted by atomic mass is 16.6. The molecule has 17 heavy (non-hydrogen) atoms. The Morgan fingerprint density at radius 2 is 2.41 bits per heavy atom. The van der Waals surface area contributed by atoms with Gasteiger partial charge in [0.15, 0.2) is 0 Å². The zero-order valence-corrected chi connectivity index (χ0v) is 9.82. The Labute approximate surface area is 101 Å². The number of carbonyl (C=O) groups excluding carboxylic acids is 1. The predicted octanol–water partition coefficient (Wildman–Crippen LogP) is 1.65. The summed E-state index contributed by atoms with van der Waals surface area (Å²) >= 11 is 0. The van der Waals surface area contributed by atoms with Gasteiger partial charge in [-0.25, -0.2) is 4.79 Å². The summed E-state index contributed by atoms with van der Waals surface area (Å²) in [5.41, 5.74) is 0. The average Bonchev–Trinajstić information content (AvgIpc) is 2.89. The van der Waals surface area contributed by atoms with Crippen molar-refractivity contribution in [1.82, 2.24) is 4.90 Å². The largest absolute Gasteiger partial charge is 0.415 e. The Morgan fingerprint density at radius 1 is 1.53 bits per heavy atom. The molecule has 2 aliphatic heterocycles. The highest BCUT2D eigenvalue weighted by Gasteiger charge is 2.40. The van der Waals surface area contributed by atoms with Gasteiger partial charge in [-0.1, -0.05) is 11.8 Å². The molecule has 2 rings (SSSR count). The van der Waals surface area contributed by atoms with Crippen LogP contribution in [0.2, 0.25) is 0 Å². The van der Waals surface area contributed by atoms with Crippen molar-refractivity contribution in [3.63, 3.8) is 0 Å². The average molecular weight is 235 g/mol. The van der Waals surface area contributed by atoms with Crippen molar-refractivity contribution in [3.8, 4) is 11.8 Å². The molecule has 1 atom stereocenters. The van der Waals surface area contributed by atoms with Crippen LogP contribution in [0.3, 0.4) is 0 Å². The second-order valence-electron chi connectivity index (χ2n) is 4.27. The molecule has 2 saturated heterocycles. The molecular weight excluding hydrogens is 218 g/mol. The summed E-state index contributed by atoms with van der Waals surface area (Å²) in [6.07, 6.45) is 5.96. The lowest BCUT2D eigenvalue weighted by Gasteiger charge is -2.08. The maximum Gasteiger partial charge on any atom is 0.415 e. The molecule has 1 amide bonds. The lowest BCUT2D eigenvalue weighted by Crippen LogP contribution is -2.26. The van der Waals surface area contributed by atoms with Gasteiger partial charge in [-0.3, -0.25) is 4.90 Å². The van der Waals surface area contributed by atoms with Crippen LogP contribution in [0.1, 0.15) is 32.1 Å². The first-order chi connectivity index (χ1) is 8.33. The number of aliphatic hydroxyl groups excluding tert-OH is 1. The van der Waals surface area contributed by atoms with E-state index in [1.807, 2.05) is 0 Å². The zero-order chi connectivity index (χ0) is 12.1. The van der Waals surface area contributed by atoms with Crippen LogP contribution in [0, 0.1) is 11.8 Å². The molecule has 2 fully saturated rings. The molecule has 4 heteroatoms. The third kappa shape index (κ3) is 2.80. The quantitative estimate of drug-likeness (QED) is 0.597. The first-order valence-electron chi connectivity index (χ1n) is 6.10. The standard InChI is InChI=1S/C13H17NO3/c15-10-5-3-1-2-4-8-12-11-7-6-9-14(11)13(16)17-12/h8,11,15H,1,3,5-7,9-10H2/b12-8-/t11-/m0/s1. The van der Waals surface area contributed by atoms with Gasteiger partial charge in [-0.15, -0.1) is 0 Å². The van der Waals surface area contributed by atoms with Crippen LogP contribution in [-0.4, -0.2) is 35.3 Å². The van der Waals surface area contributed by atoms with Crippen molar-refractivity contribution in [2.75, 3.05) is 13.2 Å². The monoisotopic (exact) mass is 235 g/mol. The number of ether oxygens (including phenoxy) is 1. The number of fused-ring (bicyclic) bond motifs is 1. The number of nitrogens with zero attached hydrogens (tertiary/aromatic N) is 1. The third-order valence-electron chi connectivity index (χ3n) is 3.05. The zero-order valence-electron chi connectivity index (χ0n) is 9.82. The first kappa shape index (κ1) is 12.0. The second kappa shape index (κ2) is 5.74. The smallest absolute Gasteiger partial charge is 0.412 e. The lowest BCUT2D eigenvalue weighted by atomic mass is 10.2. The maximum absolute atomic E-state index is 11.4. The van der Waals surface area contributed by atoms with Gasteiger partial charge in [0.25, 0.3) is 0 Å². The number of unbranched alkanes of at least 4 members (excludes halogenated alkanes) is 2. The molecule has 92 valence electrons. The fraction of sp³-hybridized carbons (Fsp3) is 0.615. The Bertz CT molecular complexity index is 378. The van der Waals surface area contributed by atoms with Crippen molar-refractivity contribution in [1.29, 1.82) is 0 Å². The van der Waals surface area contributed by atoms with E-state index in [1.165, 1.54) is 0 Å². The summed E-state index contributed by atoms with van der Waals surface area (Å²) in [7, 11) is 0. The molecule has 0 aromatic carbocycles. The van der Waals surface area contributed by atoms with E-state index >= 15 is 0 Å². The fourth-order valence-electron chi connectivity index (χ4n) is 2.15. The van der Waals surface area contributed by atoms with Crippen LogP contribution in [0.15, 0.2) is 11.8 Å². The van der Waals surface area contributed by atoms with E-state index < -0.39 is 0 Å². The molecule has 0 aromatic heterocycles. The van der Waals surface area contributed by atoms with Crippen LogP contribution in [0.25, 0.3) is 0 Å². The van der Waals surface area contributed by atoms with Crippen molar-refractivity contribution in [2.24, 2.45) is 0 Å². The van der Waals surface area contributed by atoms with Crippen LogP contribution in [0.5, 0.6) is 0 Å². The van der Waals surface area contributed by atoms with E-state index in [0.717, 1.165) is 38.6 Å². The van der Waals surface area contributed by atoms with Crippen molar-refractivity contribution in [3.05, 3.63) is 11.8 Å². The number of amides is 1. The fourth-order valence-corrected chi connectivity index (χ4v) is 2.15. The molecule has 0 radical (unpaired) electrons. The van der Waals surface area contributed by atoms with Gasteiger partial charge in [-0.05, 0) is 25.7 Å². The SMILES string of the molecule is O=C1O/C(=C\C#CCCCCO)[C@@H]2CCCN12. The van der Waals surface area contributed by atoms with E-state index in [4.69, 9.17) is 9.84 Å². The van der Waals surface area contributed by atoms with E-state index in [1.54, 1.807) is 11.0 Å². The van der Waals surface area contributed by atoms with Crippen LogP contribution in [-0.2, 0) is 4.74 Å². The summed E-state index contributed by atoms with van der Waals surface area (Å²) < 4.78 is 5.16. The third-order valence-corrected chi connectivity index (χ3v) is 3.05. The van der Waals surface area contributed by atoms with Gasteiger partial charge in [0.2, 0.25) is 0 Å². The van der Waals surface area contributed by atoms with Gasteiger partial charge in [0, 0.05) is 25.6 Å². The lowest BCUT2D eigenvalue weighted by molar-refractivity contribution is 0.170. The molecule has 0 unspecified atom stereocenters. The summed E-state index contributed by atoms with van der Waals surface area (Å²) in [4.78, 5) is 13.2. The Morgan fingerprint density at radius 3 is 3.24 bits per heavy atom. The molecule has 0 aliphatic carbocycles. The summed E-state index contributed by atoms with van der Waals surface area (Å²) in [6, 6.07) is 0.120. The first-order valence-corrected chi connectivity index (χ1v) is 6.10. The predicted molar refractivity (Wildman–Crippen MR) is 63.0 cm³/mol. The van der Waals surface area contributed by atoms with Gasteiger partial charge < -0.3 is 9.84 Å². The molecule has 0 bridgehead atoms. The van der Waals surface area contributed by atoms with E-state index in [-0.39, 0.29) is 18.7 Å². The van der Waals surface area contributed by atoms with Crippen molar-refractivity contribution < 1.29 is 14.6 Å². The molecule has 0 spiro atoms. The highest BCUT2D eigenvalue weighted by molar-refractivity contribution is 5.73. The number of carbonyl (C=O) groups is 1. The summed E-state index contributed by atoms with van der Waals surface area (Å²) in [5.74, 6) is 6.61. The van der Waals surface area contributed by atoms with Crippen LogP contribution < -0.4 is 0 Å². The molecule has 0 saturated carbocycles. The number of cyclic esters (lactones) is 1. The summed E-state index contributed by atoms with van der Waals surface area (Å²) in [6.45, 7) is 1.02. The number of hydrogen-bond donors (Lipinski definition) is 1. The Hall–Kier alpha value is -1.47. The summed E-state index contributed by atoms with van der Waals surface area (Å²) in [5, 5.41) is 8.60. The number of allylic oxidation sites excluding steroid dienone is 1. The van der Waals surface area contributed by atoms with E-state index in [2.05, 4.69) is 11.8 Å². The molecule has 4 nitrogen and oxygen atoms in total.